The van der Waals surface area contributed by atoms with Gasteiger partial charge in [0.25, 0.3) is 5.91 Å². The van der Waals surface area contributed by atoms with Crippen molar-refractivity contribution in [3.63, 3.8) is 0 Å². The molecule has 1 amide bonds. The first-order valence-corrected chi connectivity index (χ1v) is 10.0. The molecule has 0 N–H and O–H groups in total. The minimum atomic E-state index is -0.406. The van der Waals surface area contributed by atoms with Gasteiger partial charge in [-0.05, 0) is 42.5 Å². The summed E-state index contributed by atoms with van der Waals surface area (Å²) < 4.78 is 16.4. The summed E-state index contributed by atoms with van der Waals surface area (Å²) >= 11 is 0. The van der Waals surface area contributed by atoms with Gasteiger partial charge in [-0.1, -0.05) is 26.0 Å². The zero-order valence-corrected chi connectivity index (χ0v) is 17.7. The summed E-state index contributed by atoms with van der Waals surface area (Å²) in [6.07, 6.45) is 3.10. The van der Waals surface area contributed by atoms with E-state index in [4.69, 9.17) is 9.47 Å². The van der Waals surface area contributed by atoms with Crippen LogP contribution in [0.2, 0.25) is 0 Å². The average molecular weight is 420 g/mol. The molecule has 7 nitrogen and oxygen atoms in total. The molecule has 3 aromatic rings. The zero-order chi connectivity index (χ0) is 22.2. The average Bonchev–Trinajstić information content (AvgIpc) is 2.95. The lowest BCUT2D eigenvalue weighted by atomic mass is 10.2. The maximum absolute atomic E-state index is 13.1. The molecule has 0 saturated carbocycles. The van der Waals surface area contributed by atoms with Gasteiger partial charge in [0, 0.05) is 6.20 Å². The second-order valence-electron chi connectivity index (χ2n) is 6.26. The predicted molar refractivity (Wildman–Crippen MR) is 117 cm³/mol. The Balaban J connectivity index is 0.00000132. The molecule has 7 heteroatoms. The number of ether oxygens (including phenoxy) is 3. The zero-order valence-electron chi connectivity index (χ0n) is 17.7. The topological polar surface area (TPSA) is 78.0 Å². The molecule has 0 fully saturated rings. The third-order valence-electron chi connectivity index (χ3n) is 4.50. The van der Waals surface area contributed by atoms with Crippen LogP contribution in [0, 0.1) is 0 Å². The lowest BCUT2D eigenvalue weighted by Crippen LogP contribution is -2.34. The maximum Gasteiger partial charge on any atom is 0.337 e. The van der Waals surface area contributed by atoms with E-state index in [-0.39, 0.29) is 12.5 Å². The minimum absolute atomic E-state index is 0.183. The van der Waals surface area contributed by atoms with Gasteiger partial charge in [0.2, 0.25) is 0 Å². The number of nitrogens with zero attached hydrogens (tertiary/aromatic N) is 2. The van der Waals surface area contributed by atoms with E-state index in [2.05, 4.69) is 9.72 Å². The lowest BCUT2D eigenvalue weighted by molar-refractivity contribution is 0.0600. The molecule has 0 bridgehead atoms. The van der Waals surface area contributed by atoms with Crippen LogP contribution in [-0.4, -0.2) is 37.1 Å². The second-order valence-corrected chi connectivity index (χ2v) is 6.26. The number of amides is 1. The molecule has 0 aliphatic carbocycles. The number of hydrogen-bond acceptors (Lipinski definition) is 6. The Bertz CT molecular complexity index is 1050. The number of methoxy groups -OCH3 is 1. The number of para-hydroxylation sites is 2. The van der Waals surface area contributed by atoms with Crippen molar-refractivity contribution in [2.75, 3.05) is 25.2 Å². The van der Waals surface area contributed by atoms with Crippen molar-refractivity contribution in [1.82, 2.24) is 4.98 Å². The largest absolute Gasteiger partial charge is 0.492 e. The highest BCUT2D eigenvalue weighted by Crippen LogP contribution is 2.38. The highest BCUT2D eigenvalue weighted by Gasteiger charge is 2.27. The third kappa shape index (κ3) is 4.83. The normalized spacial score (nSPS) is 11.7. The fraction of sp³-hybridized carbons (Fsp3) is 0.208. The van der Waals surface area contributed by atoms with E-state index in [0.717, 1.165) is 0 Å². The molecule has 31 heavy (non-hydrogen) atoms. The van der Waals surface area contributed by atoms with Crippen molar-refractivity contribution in [3.05, 3.63) is 78.1 Å². The van der Waals surface area contributed by atoms with Crippen LogP contribution in [0.4, 0.5) is 5.69 Å². The molecule has 0 atom stereocenters. The van der Waals surface area contributed by atoms with E-state index >= 15 is 0 Å². The Morgan fingerprint density at radius 3 is 2.52 bits per heavy atom. The van der Waals surface area contributed by atoms with Crippen LogP contribution in [-0.2, 0) is 4.74 Å². The van der Waals surface area contributed by atoms with Crippen molar-refractivity contribution < 1.29 is 23.8 Å². The predicted octanol–water partition coefficient (Wildman–Crippen LogP) is 4.73. The number of benzene rings is 2. The summed E-state index contributed by atoms with van der Waals surface area (Å²) in [6, 6.07) is 15.6. The highest BCUT2D eigenvalue weighted by molar-refractivity contribution is 6.09. The third-order valence-corrected chi connectivity index (χ3v) is 4.50. The highest BCUT2D eigenvalue weighted by atomic mass is 16.5. The molecule has 1 aliphatic heterocycles. The number of rotatable bonds is 5. The molecular weight excluding hydrogens is 396 g/mol. The lowest BCUT2D eigenvalue weighted by Gasteiger charge is -2.22. The quantitative estimate of drug-likeness (QED) is 0.556. The first-order valence-electron chi connectivity index (χ1n) is 10.0. The summed E-state index contributed by atoms with van der Waals surface area (Å²) in [5.41, 5.74) is 1.55. The van der Waals surface area contributed by atoms with E-state index in [0.29, 0.717) is 40.6 Å². The molecule has 2 aromatic carbocycles. The number of aromatic nitrogens is 1. The molecule has 2 heterocycles. The fourth-order valence-electron chi connectivity index (χ4n) is 3.06. The standard InChI is InChI=1S/C22H18N2O5.C2H6/c1-27-22(26)15-6-8-16(9-7-15)28-13-12-24-18-4-2-3-5-19(18)29-20-14-23-11-10-17(20)21(24)25;1-2/h2-11,14H,12-13H2,1H3;1-2H3. The monoisotopic (exact) mass is 420 g/mol. The first-order chi connectivity index (χ1) is 15.2. The van der Waals surface area contributed by atoms with Crippen molar-refractivity contribution in [3.8, 4) is 17.2 Å². The van der Waals surface area contributed by atoms with Crippen molar-refractivity contribution in [1.29, 1.82) is 0 Å². The SMILES string of the molecule is CC.COC(=O)c1ccc(OCCN2C(=O)c3ccncc3Oc3ccccc32)cc1. The van der Waals surface area contributed by atoms with Crippen LogP contribution >= 0.6 is 0 Å². The van der Waals surface area contributed by atoms with Crippen molar-refractivity contribution in [2.24, 2.45) is 0 Å². The van der Waals surface area contributed by atoms with Gasteiger partial charge in [0.05, 0.1) is 36.7 Å². The number of hydrogen-bond donors (Lipinski definition) is 0. The molecule has 0 spiro atoms. The van der Waals surface area contributed by atoms with Gasteiger partial charge in [0.15, 0.2) is 11.5 Å². The summed E-state index contributed by atoms with van der Waals surface area (Å²) in [7, 11) is 1.33. The number of anilines is 1. The van der Waals surface area contributed by atoms with E-state index in [9.17, 15) is 9.59 Å². The summed E-state index contributed by atoms with van der Waals surface area (Å²) in [5.74, 6) is 1.00. The van der Waals surface area contributed by atoms with Gasteiger partial charge < -0.3 is 19.1 Å². The molecule has 160 valence electrons. The number of carbonyl (C=O) groups is 2. The Morgan fingerprint density at radius 1 is 1.03 bits per heavy atom. The van der Waals surface area contributed by atoms with E-state index in [1.54, 1.807) is 41.4 Å². The summed E-state index contributed by atoms with van der Waals surface area (Å²) in [5, 5.41) is 0. The second kappa shape index (κ2) is 10.2. The van der Waals surface area contributed by atoms with Crippen LogP contribution in [0.5, 0.6) is 17.2 Å². The van der Waals surface area contributed by atoms with Gasteiger partial charge in [-0.25, -0.2) is 4.79 Å². The molecule has 0 saturated heterocycles. The van der Waals surface area contributed by atoms with Crippen LogP contribution < -0.4 is 14.4 Å². The van der Waals surface area contributed by atoms with Crippen LogP contribution in [0.25, 0.3) is 0 Å². The number of esters is 1. The molecule has 1 aliphatic rings. The summed E-state index contributed by atoms with van der Waals surface area (Å²) in [6.45, 7) is 4.58. The molecule has 1 aromatic heterocycles. The number of pyridine rings is 1. The summed E-state index contributed by atoms with van der Waals surface area (Å²) in [4.78, 5) is 30.3. The number of carbonyl (C=O) groups excluding carboxylic acids is 2. The van der Waals surface area contributed by atoms with Crippen molar-refractivity contribution in [2.45, 2.75) is 13.8 Å². The van der Waals surface area contributed by atoms with Crippen LogP contribution in [0.1, 0.15) is 34.6 Å². The van der Waals surface area contributed by atoms with Crippen molar-refractivity contribution >= 4 is 17.6 Å². The molecular formula is C24H24N2O5. The molecule has 0 unspecified atom stereocenters. The molecule has 4 rings (SSSR count). The van der Waals surface area contributed by atoms with E-state index < -0.39 is 5.97 Å². The Kier molecular flexibility index (Phi) is 7.22. The van der Waals surface area contributed by atoms with E-state index in [1.807, 2.05) is 38.1 Å². The van der Waals surface area contributed by atoms with Crippen LogP contribution in [0.3, 0.4) is 0 Å². The van der Waals surface area contributed by atoms with Gasteiger partial charge >= 0.3 is 5.97 Å². The van der Waals surface area contributed by atoms with E-state index in [1.165, 1.54) is 13.3 Å². The minimum Gasteiger partial charge on any atom is -0.492 e. The van der Waals surface area contributed by atoms with Crippen LogP contribution in [0.15, 0.2) is 67.0 Å². The van der Waals surface area contributed by atoms with Gasteiger partial charge in [0.1, 0.15) is 12.4 Å². The Morgan fingerprint density at radius 2 is 1.77 bits per heavy atom. The fourth-order valence-corrected chi connectivity index (χ4v) is 3.06. The maximum atomic E-state index is 13.1. The number of fused-ring (bicyclic) bond motifs is 2. The smallest absolute Gasteiger partial charge is 0.337 e. The Hall–Kier alpha value is -3.87. The van der Waals surface area contributed by atoms with Gasteiger partial charge in [-0.15, -0.1) is 0 Å². The molecule has 0 radical (unpaired) electrons. The van der Waals surface area contributed by atoms with Gasteiger partial charge in [-0.3, -0.25) is 9.78 Å². The van der Waals surface area contributed by atoms with Gasteiger partial charge in [-0.2, -0.15) is 0 Å². The Labute approximate surface area is 181 Å². The first kappa shape index (κ1) is 21.8.